The molecule has 2 N–H and O–H groups in total. The second-order valence-electron chi connectivity index (χ2n) is 5.32. The molecule has 0 atom stereocenters. The Kier molecular flexibility index (Phi) is 10.2. The molecule has 9 nitrogen and oxygen atoms in total. The van der Waals surface area contributed by atoms with Crippen LogP contribution in [0.1, 0.15) is 65.2 Å². The maximum Gasteiger partial charge on any atom is 0.332 e. The van der Waals surface area contributed by atoms with Crippen molar-refractivity contribution in [2.45, 2.75) is 65.2 Å². The molecule has 0 unspecified atom stereocenters. The van der Waals surface area contributed by atoms with Crippen LogP contribution in [0.3, 0.4) is 0 Å². The van der Waals surface area contributed by atoms with Crippen LogP contribution in [0, 0.1) is 0 Å². The fourth-order valence-electron chi connectivity index (χ4n) is 1.79. The maximum absolute atomic E-state index is 11.5. The van der Waals surface area contributed by atoms with Crippen molar-refractivity contribution in [2.24, 2.45) is 0 Å². The molecule has 0 saturated heterocycles. The first-order valence-electron chi connectivity index (χ1n) is 8.38. The predicted octanol–water partition coefficient (Wildman–Crippen LogP) is 3.43. The number of nitrogens with one attached hydrogen (secondary N) is 2. The van der Waals surface area contributed by atoms with Crippen LogP contribution in [0.5, 0.6) is 0 Å². The second kappa shape index (κ2) is 12.2. The van der Waals surface area contributed by atoms with E-state index in [2.05, 4.69) is 25.9 Å². The highest BCUT2D eigenvalue weighted by Gasteiger charge is 2.10. The number of carbonyl (C=O) groups excluding carboxylic acids is 2. The van der Waals surface area contributed by atoms with Crippen LogP contribution in [-0.4, -0.2) is 26.9 Å². The summed E-state index contributed by atoms with van der Waals surface area (Å²) in [6.07, 6.45) is 5.99. The number of carbonyl (C=O) groups is 2. The van der Waals surface area contributed by atoms with Crippen LogP contribution in [0.25, 0.3) is 0 Å². The fourth-order valence-corrected chi connectivity index (χ4v) is 1.95. The zero-order chi connectivity index (χ0) is 18.5. The van der Waals surface area contributed by atoms with Gasteiger partial charge < -0.3 is 9.68 Å². The molecule has 0 aromatic carbocycles. The monoisotopic (exact) mass is 373 g/mol. The Morgan fingerprint density at radius 1 is 0.840 bits per heavy atom. The van der Waals surface area contributed by atoms with Crippen molar-refractivity contribution in [3.8, 4) is 0 Å². The highest BCUT2D eigenvalue weighted by molar-refractivity contribution is 6.28. The second-order valence-corrected chi connectivity index (χ2v) is 5.66. The smallest absolute Gasteiger partial charge is 0.332 e. The molecule has 0 radical (unpaired) electrons. The molecule has 0 saturated carbocycles. The van der Waals surface area contributed by atoms with Crippen molar-refractivity contribution in [1.82, 2.24) is 15.0 Å². The van der Waals surface area contributed by atoms with Gasteiger partial charge >= 0.3 is 11.9 Å². The van der Waals surface area contributed by atoms with Crippen LogP contribution >= 0.6 is 11.6 Å². The van der Waals surface area contributed by atoms with Gasteiger partial charge in [0.05, 0.1) is 0 Å². The number of anilines is 2. The Bertz CT molecular complexity index is 514. The number of hydrogen-bond acceptors (Lipinski definition) is 9. The lowest BCUT2D eigenvalue weighted by atomic mass is 10.2. The third-order valence-corrected chi connectivity index (χ3v) is 3.26. The molecule has 0 aliphatic heterocycles. The molecular weight excluding hydrogens is 350 g/mol. The molecule has 0 amide bonds. The predicted molar refractivity (Wildman–Crippen MR) is 92.6 cm³/mol. The Hall–Kier alpha value is -2.16. The molecule has 0 bridgehead atoms. The molecule has 1 aromatic rings. The summed E-state index contributed by atoms with van der Waals surface area (Å²) in [5, 5.41) is -0.149. The summed E-state index contributed by atoms with van der Waals surface area (Å²) in [7, 11) is 0. The molecular formula is C15H24ClN5O4. The van der Waals surface area contributed by atoms with Crippen LogP contribution in [0.4, 0.5) is 11.9 Å². The van der Waals surface area contributed by atoms with Gasteiger partial charge in [-0.15, -0.1) is 0 Å². The van der Waals surface area contributed by atoms with E-state index < -0.39 is 11.9 Å². The van der Waals surface area contributed by atoms with Crippen molar-refractivity contribution in [3.63, 3.8) is 0 Å². The van der Waals surface area contributed by atoms with E-state index in [4.69, 9.17) is 21.3 Å². The average Bonchev–Trinajstić information content (AvgIpc) is 2.58. The number of rotatable bonds is 12. The normalized spacial score (nSPS) is 10.2. The summed E-state index contributed by atoms with van der Waals surface area (Å²) in [5.41, 5.74) is 4.61. The Morgan fingerprint density at radius 2 is 1.28 bits per heavy atom. The topological polar surface area (TPSA) is 115 Å². The van der Waals surface area contributed by atoms with Gasteiger partial charge in [0.2, 0.25) is 5.28 Å². The van der Waals surface area contributed by atoms with E-state index in [1.165, 1.54) is 0 Å². The van der Waals surface area contributed by atoms with Crippen molar-refractivity contribution < 1.29 is 19.3 Å². The van der Waals surface area contributed by atoms with Crippen LogP contribution in [-0.2, 0) is 19.3 Å². The van der Waals surface area contributed by atoms with Crippen molar-refractivity contribution >= 4 is 35.4 Å². The van der Waals surface area contributed by atoms with Gasteiger partial charge in [0.15, 0.2) is 0 Å². The Morgan fingerprint density at radius 3 is 1.68 bits per heavy atom. The molecule has 1 aromatic heterocycles. The van der Waals surface area contributed by atoms with Crippen LogP contribution in [0.2, 0.25) is 5.28 Å². The standard InChI is InChI=1S/C15H24ClN5O4/c1-3-5-7-9-11(22)24-20-14-17-13(16)18-15(19-14)21-25-12(23)10-8-6-4-2/h3-10H2,1-2H3,(H2,17,18,19,20,21). The van der Waals surface area contributed by atoms with Gasteiger partial charge in [-0.25, -0.2) is 9.59 Å². The minimum atomic E-state index is -0.429. The molecule has 10 heteroatoms. The van der Waals surface area contributed by atoms with Gasteiger partial charge in [-0.2, -0.15) is 25.9 Å². The first-order chi connectivity index (χ1) is 12.0. The summed E-state index contributed by atoms with van der Waals surface area (Å²) >= 11 is 5.76. The van der Waals surface area contributed by atoms with Crippen molar-refractivity contribution in [3.05, 3.63) is 5.28 Å². The lowest BCUT2D eigenvalue weighted by molar-refractivity contribution is -0.141. The zero-order valence-corrected chi connectivity index (χ0v) is 15.3. The molecule has 1 heterocycles. The van der Waals surface area contributed by atoms with Gasteiger partial charge in [0, 0.05) is 12.8 Å². The molecule has 0 fully saturated rings. The van der Waals surface area contributed by atoms with E-state index in [1.807, 2.05) is 13.8 Å². The highest BCUT2D eigenvalue weighted by atomic mass is 35.5. The minimum absolute atomic E-state index is 0.0756. The lowest BCUT2D eigenvalue weighted by Gasteiger charge is -2.08. The van der Waals surface area contributed by atoms with Gasteiger partial charge in [-0.3, -0.25) is 0 Å². The fraction of sp³-hybridized carbons (Fsp3) is 0.667. The molecule has 0 aliphatic carbocycles. The number of nitrogens with zero attached hydrogens (tertiary/aromatic N) is 3. The molecule has 0 aliphatic rings. The van der Waals surface area contributed by atoms with E-state index in [1.54, 1.807) is 0 Å². The van der Waals surface area contributed by atoms with Crippen LogP contribution < -0.4 is 11.0 Å². The number of halogens is 1. The molecule has 140 valence electrons. The maximum atomic E-state index is 11.5. The number of hydrogen-bond donors (Lipinski definition) is 2. The van der Waals surface area contributed by atoms with E-state index >= 15 is 0 Å². The minimum Gasteiger partial charge on any atom is -0.341 e. The summed E-state index contributed by atoms with van der Waals surface area (Å²) in [4.78, 5) is 44.2. The van der Waals surface area contributed by atoms with Crippen LogP contribution in [0.15, 0.2) is 0 Å². The molecule has 25 heavy (non-hydrogen) atoms. The average molecular weight is 374 g/mol. The van der Waals surface area contributed by atoms with Gasteiger partial charge in [0.1, 0.15) is 0 Å². The third-order valence-electron chi connectivity index (χ3n) is 3.09. The third kappa shape index (κ3) is 9.65. The summed E-state index contributed by atoms with van der Waals surface area (Å²) in [5.74, 6) is -1.01. The summed E-state index contributed by atoms with van der Waals surface area (Å²) in [6.45, 7) is 4.09. The Labute approximate surface area is 151 Å². The van der Waals surface area contributed by atoms with Gasteiger partial charge in [0.25, 0.3) is 11.9 Å². The van der Waals surface area contributed by atoms with E-state index in [0.29, 0.717) is 12.8 Å². The first-order valence-corrected chi connectivity index (χ1v) is 8.75. The van der Waals surface area contributed by atoms with Gasteiger partial charge in [-0.1, -0.05) is 39.5 Å². The zero-order valence-electron chi connectivity index (χ0n) is 14.5. The first kappa shape index (κ1) is 20.9. The summed E-state index contributed by atoms with van der Waals surface area (Å²) < 4.78 is 0. The summed E-state index contributed by atoms with van der Waals surface area (Å²) in [6, 6.07) is 0. The van der Waals surface area contributed by atoms with E-state index in [0.717, 1.165) is 38.5 Å². The molecule has 1 rings (SSSR count). The lowest BCUT2D eigenvalue weighted by Crippen LogP contribution is -2.15. The number of unbranched alkanes of at least 4 members (excludes halogenated alkanes) is 4. The number of aromatic nitrogens is 3. The highest BCUT2D eigenvalue weighted by Crippen LogP contribution is 2.11. The molecule has 0 spiro atoms. The van der Waals surface area contributed by atoms with Gasteiger partial charge in [-0.05, 0) is 24.4 Å². The Balaban J connectivity index is 2.44. The van der Waals surface area contributed by atoms with Crippen molar-refractivity contribution in [2.75, 3.05) is 11.0 Å². The SMILES string of the molecule is CCCCCC(=O)ONc1nc(Cl)nc(NOC(=O)CCCCC)n1. The van der Waals surface area contributed by atoms with E-state index in [-0.39, 0.29) is 17.2 Å². The van der Waals surface area contributed by atoms with Crippen molar-refractivity contribution in [1.29, 1.82) is 0 Å². The quantitative estimate of drug-likeness (QED) is 0.419. The van der Waals surface area contributed by atoms with E-state index in [9.17, 15) is 9.59 Å². The largest absolute Gasteiger partial charge is 0.341 e.